The summed E-state index contributed by atoms with van der Waals surface area (Å²) in [4.78, 5) is 0. The molecule has 0 saturated carbocycles. The van der Waals surface area contributed by atoms with E-state index < -0.39 is 0 Å². The molecule has 0 fully saturated rings. The summed E-state index contributed by atoms with van der Waals surface area (Å²) in [6.07, 6.45) is 4.86. The fourth-order valence-corrected chi connectivity index (χ4v) is 2.93. The van der Waals surface area contributed by atoms with Gasteiger partial charge in [0.1, 0.15) is 11.9 Å². The second-order valence-corrected chi connectivity index (χ2v) is 6.24. The number of unbranched alkanes of at least 4 members (excludes halogenated alkanes) is 1. The van der Waals surface area contributed by atoms with Gasteiger partial charge >= 0.3 is 0 Å². The third-order valence-corrected chi connectivity index (χ3v) is 4.25. The molecule has 1 atom stereocenters. The lowest BCUT2D eigenvalue weighted by Crippen LogP contribution is -2.32. The zero-order valence-electron chi connectivity index (χ0n) is 13.6. The Hall–Kier alpha value is -1.96. The molecule has 1 aliphatic heterocycles. The molecule has 3 rings (SSSR count). The lowest BCUT2D eigenvalue weighted by atomic mass is 10.0. The largest absolute Gasteiger partial charge is 0.486 e. The van der Waals surface area contributed by atoms with Crippen LogP contribution >= 0.6 is 0 Å². The normalized spacial score (nSPS) is 16.5. The van der Waals surface area contributed by atoms with Crippen LogP contribution in [-0.4, -0.2) is 12.6 Å². The summed E-state index contributed by atoms with van der Waals surface area (Å²) in [5.74, 6) is 0.974. The summed E-state index contributed by atoms with van der Waals surface area (Å²) in [6, 6.07) is 15.3. The minimum absolute atomic E-state index is 0.205. The highest BCUT2D eigenvalue weighted by Gasteiger charge is 2.19. The van der Waals surface area contributed by atoms with Crippen molar-refractivity contribution < 1.29 is 4.74 Å². The molecule has 1 N–H and O–H groups in total. The third-order valence-electron chi connectivity index (χ3n) is 4.25. The standard InChI is InChI=1S/C20H25NO/c1-3-4-5-16-7-9-17(10-8-16)13-18-14-21-19-12-15(2)6-11-20(19)22-18/h6-12,18,21H,3-5,13-14H2,1-2H3. The average Bonchev–Trinajstić information content (AvgIpc) is 2.54. The molecule has 0 aromatic heterocycles. The zero-order chi connectivity index (χ0) is 15.4. The van der Waals surface area contributed by atoms with Crippen LogP contribution in [0.2, 0.25) is 0 Å². The summed E-state index contributed by atoms with van der Waals surface area (Å²) in [5.41, 5.74) is 5.17. The van der Waals surface area contributed by atoms with Crippen molar-refractivity contribution in [3.63, 3.8) is 0 Å². The first kappa shape index (κ1) is 15.0. The van der Waals surface area contributed by atoms with Crippen LogP contribution in [0, 0.1) is 6.92 Å². The summed E-state index contributed by atoms with van der Waals surface area (Å²) in [7, 11) is 0. The van der Waals surface area contributed by atoms with Gasteiger partial charge in [-0.25, -0.2) is 0 Å². The van der Waals surface area contributed by atoms with Crippen molar-refractivity contribution in [1.82, 2.24) is 0 Å². The second kappa shape index (κ2) is 6.87. The Bertz CT molecular complexity index is 618. The lowest BCUT2D eigenvalue weighted by Gasteiger charge is -2.27. The molecule has 1 unspecified atom stereocenters. The number of anilines is 1. The molecule has 2 aromatic carbocycles. The van der Waals surface area contributed by atoms with E-state index in [-0.39, 0.29) is 6.10 Å². The summed E-state index contributed by atoms with van der Waals surface area (Å²) in [5, 5.41) is 3.49. The Morgan fingerprint density at radius 2 is 1.86 bits per heavy atom. The Balaban J connectivity index is 1.61. The number of hydrogen-bond donors (Lipinski definition) is 1. The van der Waals surface area contributed by atoms with Crippen LogP contribution in [0.15, 0.2) is 42.5 Å². The average molecular weight is 295 g/mol. The van der Waals surface area contributed by atoms with E-state index in [1.807, 2.05) is 0 Å². The quantitative estimate of drug-likeness (QED) is 0.859. The van der Waals surface area contributed by atoms with Crippen LogP contribution in [-0.2, 0) is 12.8 Å². The number of aryl methyl sites for hydroxylation is 2. The molecular formula is C20H25NO. The van der Waals surface area contributed by atoms with E-state index >= 15 is 0 Å². The van der Waals surface area contributed by atoms with E-state index in [9.17, 15) is 0 Å². The number of nitrogens with one attached hydrogen (secondary N) is 1. The molecule has 1 aliphatic rings. The van der Waals surface area contributed by atoms with Crippen molar-refractivity contribution in [2.75, 3.05) is 11.9 Å². The Morgan fingerprint density at radius 3 is 2.64 bits per heavy atom. The van der Waals surface area contributed by atoms with Gasteiger partial charge < -0.3 is 10.1 Å². The molecule has 2 aromatic rings. The van der Waals surface area contributed by atoms with Crippen molar-refractivity contribution in [1.29, 1.82) is 0 Å². The second-order valence-electron chi connectivity index (χ2n) is 6.24. The van der Waals surface area contributed by atoms with E-state index in [0.717, 1.165) is 24.4 Å². The minimum Gasteiger partial charge on any atom is -0.486 e. The molecule has 0 saturated heterocycles. The van der Waals surface area contributed by atoms with Crippen molar-refractivity contribution >= 4 is 5.69 Å². The summed E-state index contributed by atoms with van der Waals surface area (Å²) < 4.78 is 6.12. The van der Waals surface area contributed by atoms with Crippen LogP contribution in [0.5, 0.6) is 5.75 Å². The van der Waals surface area contributed by atoms with Crippen LogP contribution in [0.3, 0.4) is 0 Å². The van der Waals surface area contributed by atoms with Gasteiger partial charge in [-0.15, -0.1) is 0 Å². The topological polar surface area (TPSA) is 21.3 Å². The maximum Gasteiger partial charge on any atom is 0.142 e. The predicted octanol–water partition coefficient (Wildman–Crippen LogP) is 4.75. The summed E-state index contributed by atoms with van der Waals surface area (Å²) >= 11 is 0. The molecule has 0 amide bonds. The third kappa shape index (κ3) is 3.62. The number of hydrogen-bond acceptors (Lipinski definition) is 2. The van der Waals surface area contributed by atoms with Gasteiger partial charge in [-0.2, -0.15) is 0 Å². The van der Waals surface area contributed by atoms with E-state index in [2.05, 4.69) is 61.6 Å². The molecule has 0 bridgehead atoms. The Morgan fingerprint density at radius 1 is 1.09 bits per heavy atom. The van der Waals surface area contributed by atoms with E-state index in [1.165, 1.54) is 36.0 Å². The van der Waals surface area contributed by atoms with Crippen LogP contribution in [0.25, 0.3) is 0 Å². The van der Waals surface area contributed by atoms with Gasteiger partial charge in [-0.1, -0.05) is 43.7 Å². The van der Waals surface area contributed by atoms with Gasteiger partial charge in [0.25, 0.3) is 0 Å². The zero-order valence-corrected chi connectivity index (χ0v) is 13.6. The monoisotopic (exact) mass is 295 g/mol. The van der Waals surface area contributed by atoms with E-state index in [4.69, 9.17) is 4.74 Å². The molecule has 0 spiro atoms. The Labute approximate surface area is 133 Å². The van der Waals surface area contributed by atoms with Gasteiger partial charge in [-0.05, 0) is 48.6 Å². The SMILES string of the molecule is CCCCc1ccc(CC2CNc3cc(C)ccc3O2)cc1. The van der Waals surface area contributed by atoms with Gasteiger partial charge in [0.2, 0.25) is 0 Å². The van der Waals surface area contributed by atoms with Gasteiger partial charge in [0.15, 0.2) is 0 Å². The van der Waals surface area contributed by atoms with E-state index in [1.54, 1.807) is 0 Å². The molecule has 2 heteroatoms. The smallest absolute Gasteiger partial charge is 0.142 e. The maximum atomic E-state index is 6.12. The highest BCUT2D eigenvalue weighted by molar-refractivity contribution is 5.59. The first-order valence-corrected chi connectivity index (χ1v) is 8.33. The van der Waals surface area contributed by atoms with Crippen molar-refractivity contribution in [2.45, 2.75) is 45.6 Å². The van der Waals surface area contributed by atoms with Crippen molar-refractivity contribution in [3.8, 4) is 5.75 Å². The molecular weight excluding hydrogens is 270 g/mol. The molecule has 0 radical (unpaired) electrons. The number of ether oxygens (including phenoxy) is 1. The molecule has 116 valence electrons. The molecule has 1 heterocycles. The van der Waals surface area contributed by atoms with Gasteiger partial charge in [0, 0.05) is 6.42 Å². The fraction of sp³-hybridized carbons (Fsp3) is 0.400. The Kier molecular flexibility index (Phi) is 4.67. The van der Waals surface area contributed by atoms with Crippen molar-refractivity contribution in [2.24, 2.45) is 0 Å². The highest BCUT2D eigenvalue weighted by Crippen LogP contribution is 2.30. The first-order chi connectivity index (χ1) is 10.7. The van der Waals surface area contributed by atoms with Crippen LogP contribution in [0.4, 0.5) is 5.69 Å². The lowest BCUT2D eigenvalue weighted by molar-refractivity contribution is 0.206. The summed E-state index contributed by atoms with van der Waals surface area (Å²) in [6.45, 7) is 5.21. The number of rotatable bonds is 5. The van der Waals surface area contributed by atoms with Crippen LogP contribution in [0.1, 0.15) is 36.5 Å². The van der Waals surface area contributed by atoms with Gasteiger partial charge in [-0.3, -0.25) is 0 Å². The first-order valence-electron chi connectivity index (χ1n) is 8.33. The number of fused-ring (bicyclic) bond motifs is 1. The highest BCUT2D eigenvalue weighted by atomic mass is 16.5. The minimum atomic E-state index is 0.205. The predicted molar refractivity (Wildman–Crippen MR) is 92.8 cm³/mol. The molecule has 2 nitrogen and oxygen atoms in total. The molecule has 22 heavy (non-hydrogen) atoms. The van der Waals surface area contributed by atoms with Gasteiger partial charge in [0.05, 0.1) is 12.2 Å². The number of benzene rings is 2. The maximum absolute atomic E-state index is 6.12. The van der Waals surface area contributed by atoms with Crippen LogP contribution < -0.4 is 10.1 Å². The van der Waals surface area contributed by atoms with E-state index in [0.29, 0.717) is 0 Å². The fourth-order valence-electron chi connectivity index (χ4n) is 2.93. The molecule has 0 aliphatic carbocycles. The van der Waals surface area contributed by atoms with Crippen molar-refractivity contribution in [3.05, 3.63) is 59.2 Å².